The van der Waals surface area contributed by atoms with E-state index in [1.165, 1.54) is 19.3 Å². The number of nitrogens with zero attached hydrogens (tertiary/aromatic N) is 6. The van der Waals surface area contributed by atoms with Crippen LogP contribution in [-0.2, 0) is 17.0 Å². The molecule has 154 valence electrons. The van der Waals surface area contributed by atoms with Crippen molar-refractivity contribution in [2.24, 2.45) is 0 Å². The second-order valence-corrected chi connectivity index (χ2v) is 9.24. The van der Waals surface area contributed by atoms with E-state index in [1.54, 1.807) is 23.1 Å². The largest absolute Gasteiger partial charge is 0.376 e. The first-order valence-corrected chi connectivity index (χ1v) is 12.0. The fraction of sp³-hybridized carbons (Fsp3) is 0.579. The van der Waals surface area contributed by atoms with Crippen molar-refractivity contribution >= 4 is 29.0 Å². The van der Waals surface area contributed by atoms with Crippen LogP contribution in [0.2, 0.25) is 0 Å². The van der Waals surface area contributed by atoms with Crippen LogP contribution in [0.1, 0.15) is 38.0 Å². The molecule has 5 rings (SSSR count). The number of thiophene rings is 1. The highest BCUT2D eigenvalue weighted by atomic mass is 32.2. The Kier molecular flexibility index (Phi) is 5.82. The fourth-order valence-corrected chi connectivity index (χ4v) is 5.24. The number of piperidine rings is 1. The van der Waals surface area contributed by atoms with Crippen LogP contribution >= 0.6 is 23.1 Å². The lowest BCUT2D eigenvalue weighted by molar-refractivity contribution is 0.0951. The van der Waals surface area contributed by atoms with E-state index in [0.29, 0.717) is 17.5 Å². The van der Waals surface area contributed by atoms with Gasteiger partial charge in [0.1, 0.15) is 0 Å². The molecule has 0 bridgehead atoms. The average Bonchev–Trinajstić information content (AvgIpc) is 3.55. The molecule has 0 aliphatic carbocycles. The summed E-state index contributed by atoms with van der Waals surface area (Å²) in [7, 11) is 0. The molecule has 0 radical (unpaired) electrons. The number of anilines is 1. The molecule has 0 saturated carbocycles. The summed E-state index contributed by atoms with van der Waals surface area (Å²) in [5.41, 5.74) is 0. The molecule has 1 atom stereocenters. The monoisotopic (exact) mass is 432 g/mol. The van der Waals surface area contributed by atoms with Gasteiger partial charge in [-0.25, -0.2) is 0 Å². The summed E-state index contributed by atoms with van der Waals surface area (Å²) in [4.78, 5) is 7.89. The average molecular weight is 433 g/mol. The maximum atomic E-state index is 5.89. The van der Waals surface area contributed by atoms with Crippen LogP contribution in [0.5, 0.6) is 0 Å². The topological polar surface area (TPSA) is 82.1 Å². The van der Waals surface area contributed by atoms with E-state index >= 15 is 0 Å². The third-order valence-corrected chi connectivity index (χ3v) is 7.10. The Bertz CT molecular complexity index is 913. The predicted octanol–water partition coefficient (Wildman–Crippen LogP) is 3.85. The minimum Gasteiger partial charge on any atom is -0.376 e. The Balaban J connectivity index is 1.32. The Morgan fingerprint density at radius 1 is 1.17 bits per heavy atom. The molecule has 0 amide bonds. The quantitative estimate of drug-likeness (QED) is 0.521. The molecule has 2 fully saturated rings. The normalized spacial score (nSPS) is 19.9. The first kappa shape index (κ1) is 19.1. The van der Waals surface area contributed by atoms with E-state index in [-0.39, 0.29) is 6.10 Å². The van der Waals surface area contributed by atoms with Crippen LogP contribution in [-0.4, -0.2) is 50.7 Å². The molecule has 8 nitrogen and oxygen atoms in total. The highest BCUT2D eigenvalue weighted by Crippen LogP contribution is 2.29. The Labute approximate surface area is 177 Å². The Morgan fingerprint density at radius 2 is 2.10 bits per heavy atom. The van der Waals surface area contributed by atoms with Gasteiger partial charge in [-0.05, 0) is 43.6 Å². The second-order valence-electron chi connectivity index (χ2n) is 7.35. The highest BCUT2D eigenvalue weighted by molar-refractivity contribution is 7.98. The molecule has 0 spiro atoms. The number of rotatable bonds is 7. The predicted molar refractivity (Wildman–Crippen MR) is 112 cm³/mol. The van der Waals surface area contributed by atoms with Gasteiger partial charge in [0.25, 0.3) is 0 Å². The second kappa shape index (κ2) is 8.85. The maximum absolute atomic E-state index is 5.89. The Hall–Kier alpha value is -1.91. The first-order chi connectivity index (χ1) is 14.4. The molecule has 2 saturated heterocycles. The fourth-order valence-electron chi connectivity index (χ4n) is 3.81. The smallest absolute Gasteiger partial charge is 0.237 e. The molecule has 0 N–H and O–H groups in total. The van der Waals surface area contributed by atoms with E-state index < -0.39 is 0 Å². The molecule has 5 heterocycles. The maximum Gasteiger partial charge on any atom is 0.237 e. The summed E-state index contributed by atoms with van der Waals surface area (Å²) >= 11 is 3.20. The molecular weight excluding hydrogens is 408 g/mol. The first-order valence-electron chi connectivity index (χ1n) is 10.2. The number of hydrogen-bond donors (Lipinski definition) is 0. The summed E-state index contributed by atoms with van der Waals surface area (Å²) < 4.78 is 13.6. The van der Waals surface area contributed by atoms with E-state index in [0.717, 1.165) is 55.1 Å². The summed E-state index contributed by atoms with van der Waals surface area (Å²) in [6, 6.07) is 3.98. The van der Waals surface area contributed by atoms with Gasteiger partial charge in [0.15, 0.2) is 5.16 Å². The van der Waals surface area contributed by atoms with Crippen LogP contribution in [0.15, 0.2) is 27.2 Å². The van der Waals surface area contributed by atoms with Crippen molar-refractivity contribution in [3.05, 3.63) is 23.4 Å². The third kappa shape index (κ3) is 4.34. The van der Waals surface area contributed by atoms with Gasteiger partial charge in [-0.1, -0.05) is 23.0 Å². The van der Waals surface area contributed by atoms with Crippen molar-refractivity contribution in [3.63, 3.8) is 0 Å². The number of aromatic nitrogens is 5. The molecule has 29 heavy (non-hydrogen) atoms. The zero-order chi connectivity index (χ0) is 19.5. The van der Waals surface area contributed by atoms with Gasteiger partial charge < -0.3 is 14.2 Å². The minimum absolute atomic E-state index is 0.239. The molecule has 3 aromatic heterocycles. The lowest BCUT2D eigenvalue weighted by Crippen LogP contribution is -2.33. The van der Waals surface area contributed by atoms with Gasteiger partial charge >= 0.3 is 0 Å². The van der Waals surface area contributed by atoms with Crippen LogP contribution in [0.4, 0.5) is 5.95 Å². The molecule has 2 aliphatic heterocycles. The van der Waals surface area contributed by atoms with Crippen LogP contribution in [0, 0.1) is 0 Å². The summed E-state index contributed by atoms with van der Waals surface area (Å²) in [5, 5.41) is 16.0. The number of ether oxygens (including phenoxy) is 1. The van der Waals surface area contributed by atoms with E-state index in [4.69, 9.17) is 9.26 Å². The van der Waals surface area contributed by atoms with Crippen molar-refractivity contribution in [1.29, 1.82) is 0 Å². The van der Waals surface area contributed by atoms with Crippen LogP contribution in [0.3, 0.4) is 0 Å². The van der Waals surface area contributed by atoms with Gasteiger partial charge in [-0.15, -0.1) is 21.5 Å². The van der Waals surface area contributed by atoms with E-state index in [9.17, 15) is 0 Å². The zero-order valence-corrected chi connectivity index (χ0v) is 17.8. The van der Waals surface area contributed by atoms with Gasteiger partial charge in [-0.3, -0.25) is 4.57 Å². The minimum atomic E-state index is 0.239. The van der Waals surface area contributed by atoms with Gasteiger partial charge in [-0.2, -0.15) is 4.98 Å². The van der Waals surface area contributed by atoms with Crippen molar-refractivity contribution in [3.8, 4) is 10.7 Å². The molecule has 2 aliphatic rings. The summed E-state index contributed by atoms with van der Waals surface area (Å²) in [5.74, 6) is 2.78. The van der Waals surface area contributed by atoms with E-state index in [2.05, 4.69) is 29.8 Å². The van der Waals surface area contributed by atoms with Gasteiger partial charge in [0.2, 0.25) is 17.7 Å². The van der Waals surface area contributed by atoms with Gasteiger partial charge in [0.05, 0.1) is 23.3 Å². The lowest BCUT2D eigenvalue weighted by Gasteiger charge is -2.28. The van der Waals surface area contributed by atoms with Crippen LogP contribution in [0.25, 0.3) is 10.7 Å². The molecule has 0 aromatic carbocycles. The van der Waals surface area contributed by atoms with E-state index in [1.807, 2.05) is 17.5 Å². The lowest BCUT2D eigenvalue weighted by atomic mass is 10.1. The number of thioether (sulfide) groups is 1. The standard InChI is InChI=1S/C19H24N6O2S2/c1-2-8-24(9-3-1)18-21-22-19(25(18)12-14-6-4-10-26-14)29-13-16-20-17(23-27-16)15-7-5-11-28-15/h5,7,11,14H,1-4,6,8-10,12-13H2. The molecule has 10 heteroatoms. The Morgan fingerprint density at radius 3 is 2.90 bits per heavy atom. The van der Waals surface area contributed by atoms with Crippen molar-refractivity contribution in [1.82, 2.24) is 24.9 Å². The SMILES string of the molecule is c1csc(-c2noc(CSc3nnc(N4CCCCC4)n3CC3CCCO3)n2)c1. The highest BCUT2D eigenvalue weighted by Gasteiger charge is 2.25. The summed E-state index contributed by atoms with van der Waals surface area (Å²) in [6.07, 6.45) is 6.17. The molecular formula is C19H24N6O2S2. The third-order valence-electron chi connectivity index (χ3n) is 5.28. The van der Waals surface area contributed by atoms with Gasteiger partial charge in [0, 0.05) is 19.7 Å². The molecule has 3 aromatic rings. The zero-order valence-electron chi connectivity index (χ0n) is 16.2. The van der Waals surface area contributed by atoms with Crippen molar-refractivity contribution < 1.29 is 9.26 Å². The summed E-state index contributed by atoms with van der Waals surface area (Å²) in [6.45, 7) is 3.73. The van der Waals surface area contributed by atoms with Crippen LogP contribution < -0.4 is 4.90 Å². The molecule has 1 unspecified atom stereocenters. The van der Waals surface area contributed by atoms with Crippen molar-refractivity contribution in [2.45, 2.75) is 55.7 Å². The number of hydrogen-bond acceptors (Lipinski definition) is 9. The van der Waals surface area contributed by atoms with Crippen molar-refractivity contribution in [2.75, 3.05) is 24.6 Å².